The maximum atomic E-state index is 11.8. The van der Waals surface area contributed by atoms with Gasteiger partial charge in [-0.15, -0.1) is 0 Å². The minimum absolute atomic E-state index is 0.143. The molecule has 0 aromatic carbocycles. The molecule has 1 rings (SSSR count). The van der Waals surface area contributed by atoms with Gasteiger partial charge in [-0.2, -0.15) is 0 Å². The zero-order valence-corrected chi connectivity index (χ0v) is 10.3. The van der Waals surface area contributed by atoms with Crippen molar-refractivity contribution in [1.29, 1.82) is 0 Å². The van der Waals surface area contributed by atoms with E-state index in [2.05, 4.69) is 9.71 Å². The van der Waals surface area contributed by atoms with E-state index in [0.29, 0.717) is 0 Å². The molecule has 0 aliphatic heterocycles. The van der Waals surface area contributed by atoms with Crippen LogP contribution < -0.4 is 10.5 Å². The molecule has 1 aromatic rings. The van der Waals surface area contributed by atoms with Gasteiger partial charge < -0.3 is 15.8 Å². The number of carbonyl (C=O) groups is 2. The highest BCUT2D eigenvalue weighted by atomic mass is 32.2. The largest absolute Gasteiger partial charge is 0.477 e. The second kappa shape index (κ2) is 5.19. The van der Waals surface area contributed by atoms with Gasteiger partial charge in [0.15, 0.2) is 0 Å². The topological polar surface area (TPSA) is 142 Å². The molecule has 1 amide bonds. The number of aromatic nitrogens is 1. The molecule has 8 nitrogen and oxygen atoms in total. The van der Waals surface area contributed by atoms with Gasteiger partial charge in [-0.25, -0.2) is 17.9 Å². The Kier molecular flexibility index (Phi) is 4.09. The van der Waals surface area contributed by atoms with E-state index in [1.807, 2.05) is 0 Å². The molecule has 0 radical (unpaired) electrons. The molecule has 18 heavy (non-hydrogen) atoms. The van der Waals surface area contributed by atoms with E-state index in [9.17, 15) is 18.0 Å². The van der Waals surface area contributed by atoms with Crippen molar-refractivity contribution in [2.75, 3.05) is 0 Å². The van der Waals surface area contributed by atoms with Crippen molar-refractivity contribution in [2.24, 2.45) is 5.73 Å². The molecule has 0 aliphatic carbocycles. The summed E-state index contributed by atoms with van der Waals surface area (Å²) in [4.78, 5) is 23.3. The van der Waals surface area contributed by atoms with Crippen LogP contribution in [0.5, 0.6) is 0 Å². The van der Waals surface area contributed by atoms with Crippen molar-refractivity contribution in [2.45, 2.75) is 24.3 Å². The number of rotatable bonds is 6. The normalized spacial score (nSPS) is 13.2. The van der Waals surface area contributed by atoms with Gasteiger partial charge in [0.2, 0.25) is 15.9 Å². The van der Waals surface area contributed by atoms with Crippen LogP contribution in [0.1, 0.15) is 23.8 Å². The number of nitrogens with two attached hydrogens (primary N) is 1. The molecule has 100 valence electrons. The molecule has 1 atom stereocenters. The second-order valence-corrected chi connectivity index (χ2v) is 5.46. The van der Waals surface area contributed by atoms with E-state index in [1.54, 1.807) is 0 Å². The van der Waals surface area contributed by atoms with E-state index in [4.69, 9.17) is 10.8 Å². The third kappa shape index (κ3) is 3.57. The Bertz CT molecular complexity index is 563. The Balaban J connectivity index is 2.85. The van der Waals surface area contributed by atoms with E-state index < -0.39 is 27.9 Å². The SMILES string of the molecule is CC(CC(N)=O)NS(=O)(=O)c1c[nH]c(C(=O)O)c1. The van der Waals surface area contributed by atoms with Crippen molar-refractivity contribution < 1.29 is 23.1 Å². The Hall–Kier alpha value is -1.87. The van der Waals surface area contributed by atoms with E-state index in [1.165, 1.54) is 6.92 Å². The summed E-state index contributed by atoms with van der Waals surface area (Å²) in [5.74, 6) is -1.90. The average molecular weight is 275 g/mol. The maximum absolute atomic E-state index is 11.8. The van der Waals surface area contributed by atoms with Gasteiger partial charge in [-0.3, -0.25) is 4.79 Å². The lowest BCUT2D eigenvalue weighted by molar-refractivity contribution is -0.118. The lowest BCUT2D eigenvalue weighted by atomic mass is 10.2. The van der Waals surface area contributed by atoms with Crippen molar-refractivity contribution in [3.63, 3.8) is 0 Å². The zero-order valence-electron chi connectivity index (χ0n) is 9.50. The molecule has 0 fully saturated rings. The molecule has 0 saturated heterocycles. The smallest absolute Gasteiger partial charge is 0.352 e. The van der Waals surface area contributed by atoms with E-state index in [-0.39, 0.29) is 17.0 Å². The summed E-state index contributed by atoms with van der Waals surface area (Å²) in [7, 11) is -3.87. The molecule has 0 saturated carbocycles. The quantitative estimate of drug-likeness (QED) is 0.540. The summed E-state index contributed by atoms with van der Waals surface area (Å²) in [5.41, 5.74) is 4.70. The summed E-state index contributed by atoms with van der Waals surface area (Å²) in [5, 5.41) is 8.66. The Labute approximate surface area is 103 Å². The average Bonchev–Trinajstić information content (AvgIpc) is 2.63. The van der Waals surface area contributed by atoms with Crippen molar-refractivity contribution in [3.8, 4) is 0 Å². The maximum Gasteiger partial charge on any atom is 0.352 e. The number of primary amides is 1. The highest BCUT2D eigenvalue weighted by Crippen LogP contribution is 2.11. The van der Waals surface area contributed by atoms with Crippen LogP contribution in [0.25, 0.3) is 0 Å². The Morgan fingerprint density at radius 1 is 1.56 bits per heavy atom. The van der Waals surface area contributed by atoms with Crippen molar-refractivity contribution in [3.05, 3.63) is 18.0 Å². The fourth-order valence-corrected chi connectivity index (χ4v) is 2.57. The number of carboxylic acid groups (broad SMARTS) is 1. The number of H-pyrrole nitrogens is 1. The number of amides is 1. The number of nitrogens with one attached hydrogen (secondary N) is 2. The first kappa shape index (κ1) is 14.2. The minimum Gasteiger partial charge on any atom is -0.477 e. The molecular weight excluding hydrogens is 262 g/mol. The van der Waals surface area contributed by atoms with Crippen LogP contribution in [0.2, 0.25) is 0 Å². The van der Waals surface area contributed by atoms with Crippen molar-refractivity contribution in [1.82, 2.24) is 9.71 Å². The first-order chi connectivity index (χ1) is 8.22. The molecule has 9 heteroatoms. The molecule has 0 spiro atoms. The number of carboxylic acids is 1. The van der Waals surface area contributed by atoms with Crippen LogP contribution >= 0.6 is 0 Å². The highest BCUT2D eigenvalue weighted by molar-refractivity contribution is 7.89. The summed E-state index contributed by atoms with van der Waals surface area (Å²) < 4.78 is 25.8. The Morgan fingerprint density at radius 2 is 2.17 bits per heavy atom. The fraction of sp³-hybridized carbons (Fsp3) is 0.333. The van der Waals surface area contributed by atoms with E-state index in [0.717, 1.165) is 12.3 Å². The van der Waals surface area contributed by atoms with Gasteiger partial charge >= 0.3 is 5.97 Å². The summed E-state index contributed by atoms with van der Waals surface area (Å²) in [6.45, 7) is 1.48. The number of hydrogen-bond acceptors (Lipinski definition) is 4. The van der Waals surface area contributed by atoms with Gasteiger partial charge in [0.1, 0.15) is 10.6 Å². The fourth-order valence-electron chi connectivity index (χ4n) is 1.33. The summed E-state index contributed by atoms with van der Waals surface area (Å²) in [6, 6.07) is 0.317. The number of sulfonamides is 1. The van der Waals surface area contributed by atoms with Gasteiger partial charge in [-0.05, 0) is 13.0 Å². The highest BCUT2D eigenvalue weighted by Gasteiger charge is 2.21. The predicted molar refractivity (Wildman–Crippen MR) is 61.3 cm³/mol. The van der Waals surface area contributed by atoms with Gasteiger partial charge in [0, 0.05) is 18.7 Å². The van der Waals surface area contributed by atoms with E-state index >= 15 is 0 Å². The lowest BCUT2D eigenvalue weighted by Gasteiger charge is -2.11. The molecule has 5 N–H and O–H groups in total. The van der Waals surface area contributed by atoms with Crippen LogP contribution in [0, 0.1) is 0 Å². The first-order valence-corrected chi connectivity index (χ1v) is 6.43. The number of aromatic carboxylic acids is 1. The molecule has 1 heterocycles. The molecule has 1 unspecified atom stereocenters. The van der Waals surface area contributed by atoms with Crippen LogP contribution in [0.15, 0.2) is 17.2 Å². The zero-order chi connectivity index (χ0) is 13.9. The summed E-state index contributed by atoms with van der Waals surface area (Å²) in [6.07, 6.45) is 0.915. The second-order valence-electron chi connectivity index (χ2n) is 3.75. The van der Waals surface area contributed by atoms with Crippen molar-refractivity contribution >= 4 is 21.9 Å². The third-order valence-corrected chi connectivity index (χ3v) is 3.63. The number of carbonyl (C=O) groups excluding carboxylic acids is 1. The molecule has 1 aromatic heterocycles. The van der Waals surface area contributed by atoms with Gasteiger partial charge in [-0.1, -0.05) is 0 Å². The molecule has 0 aliphatic rings. The van der Waals surface area contributed by atoms with Crippen LogP contribution in [-0.2, 0) is 14.8 Å². The predicted octanol–water partition coefficient (Wildman–Crippen LogP) is -0.745. The number of aromatic amines is 1. The first-order valence-electron chi connectivity index (χ1n) is 4.94. The van der Waals surface area contributed by atoms with Gasteiger partial charge in [0.25, 0.3) is 0 Å². The van der Waals surface area contributed by atoms with Crippen LogP contribution in [-0.4, -0.2) is 36.4 Å². The van der Waals surface area contributed by atoms with Crippen LogP contribution in [0.4, 0.5) is 0 Å². The van der Waals surface area contributed by atoms with Gasteiger partial charge in [0.05, 0.1) is 0 Å². The monoisotopic (exact) mass is 275 g/mol. The Morgan fingerprint density at radius 3 is 2.61 bits per heavy atom. The standard InChI is InChI=1S/C9H13N3O5S/c1-5(2-8(10)13)12-18(16,17)6-3-7(9(14)15)11-4-6/h3-5,11-12H,2H2,1H3,(H2,10,13)(H,14,15). The molecular formula is C9H13N3O5S. The minimum atomic E-state index is -3.87. The summed E-state index contributed by atoms with van der Waals surface area (Å²) >= 11 is 0. The van der Waals surface area contributed by atoms with Crippen LogP contribution in [0.3, 0.4) is 0 Å². The third-order valence-electron chi connectivity index (χ3n) is 2.06. The molecule has 0 bridgehead atoms. The number of hydrogen-bond donors (Lipinski definition) is 4. The lowest BCUT2D eigenvalue weighted by Crippen LogP contribution is -2.35.